The van der Waals surface area contributed by atoms with E-state index in [9.17, 15) is 0 Å². The van der Waals surface area contributed by atoms with E-state index < -0.39 is 0 Å². The van der Waals surface area contributed by atoms with E-state index in [1.165, 1.54) is 4.88 Å². The summed E-state index contributed by atoms with van der Waals surface area (Å²) < 4.78 is 5.69. The van der Waals surface area contributed by atoms with Gasteiger partial charge in [0.15, 0.2) is 0 Å². The van der Waals surface area contributed by atoms with Crippen molar-refractivity contribution in [1.82, 2.24) is 4.90 Å². The van der Waals surface area contributed by atoms with Crippen LogP contribution in [0.1, 0.15) is 31.7 Å². The number of hydrogen-bond acceptors (Lipinski definition) is 4. The van der Waals surface area contributed by atoms with E-state index >= 15 is 0 Å². The standard InChI is InChI=1S/C13H22N2OS/c1-9-8-16-10(2)7-15(9)13(11(3)14)12-5-4-6-17-12/h4-6,9-11,13H,7-8,14H2,1-3H3. The van der Waals surface area contributed by atoms with Crippen molar-refractivity contribution in [3.05, 3.63) is 22.4 Å². The summed E-state index contributed by atoms with van der Waals surface area (Å²) in [5.41, 5.74) is 6.19. The maximum Gasteiger partial charge on any atom is 0.0675 e. The van der Waals surface area contributed by atoms with Crippen LogP contribution in [0.3, 0.4) is 0 Å². The molecule has 0 radical (unpaired) electrons. The molecule has 1 aliphatic heterocycles. The van der Waals surface area contributed by atoms with Crippen molar-refractivity contribution in [2.75, 3.05) is 13.2 Å². The average Bonchev–Trinajstić information content (AvgIpc) is 2.76. The molecule has 4 atom stereocenters. The highest BCUT2D eigenvalue weighted by Crippen LogP contribution is 2.31. The molecule has 0 amide bonds. The third-order valence-corrected chi connectivity index (χ3v) is 4.29. The molecule has 4 heteroatoms. The Morgan fingerprint density at radius 3 is 2.88 bits per heavy atom. The first-order valence-electron chi connectivity index (χ1n) is 6.26. The highest BCUT2D eigenvalue weighted by atomic mass is 32.1. The van der Waals surface area contributed by atoms with Crippen LogP contribution in [0, 0.1) is 0 Å². The van der Waals surface area contributed by atoms with Gasteiger partial charge < -0.3 is 10.5 Å². The maximum absolute atomic E-state index is 6.19. The molecular formula is C13H22N2OS. The van der Waals surface area contributed by atoms with Crippen LogP contribution >= 0.6 is 11.3 Å². The fourth-order valence-corrected chi connectivity index (χ4v) is 3.46. The predicted octanol–water partition coefficient (Wildman–Crippen LogP) is 2.25. The molecule has 1 aromatic rings. The molecule has 2 rings (SSSR count). The Morgan fingerprint density at radius 1 is 1.53 bits per heavy atom. The van der Waals surface area contributed by atoms with Gasteiger partial charge >= 0.3 is 0 Å². The predicted molar refractivity (Wildman–Crippen MR) is 72.3 cm³/mol. The summed E-state index contributed by atoms with van der Waals surface area (Å²) in [4.78, 5) is 3.85. The first-order valence-corrected chi connectivity index (χ1v) is 7.14. The molecule has 1 saturated heterocycles. The lowest BCUT2D eigenvalue weighted by Gasteiger charge is -2.43. The van der Waals surface area contributed by atoms with E-state index in [0.29, 0.717) is 18.2 Å². The van der Waals surface area contributed by atoms with E-state index in [4.69, 9.17) is 10.5 Å². The number of nitrogens with zero attached hydrogens (tertiary/aromatic N) is 1. The minimum atomic E-state index is 0.140. The molecule has 0 aromatic carbocycles. The monoisotopic (exact) mass is 254 g/mol. The first kappa shape index (κ1) is 13.0. The number of ether oxygens (including phenoxy) is 1. The minimum absolute atomic E-state index is 0.140. The lowest BCUT2D eigenvalue weighted by atomic mass is 10.0. The van der Waals surface area contributed by atoms with E-state index in [2.05, 4.69) is 43.2 Å². The Morgan fingerprint density at radius 2 is 2.29 bits per heavy atom. The molecule has 17 heavy (non-hydrogen) atoms. The van der Waals surface area contributed by atoms with E-state index in [0.717, 1.165) is 13.2 Å². The van der Waals surface area contributed by atoms with Gasteiger partial charge in [-0.2, -0.15) is 0 Å². The second-order valence-electron chi connectivity index (χ2n) is 5.01. The van der Waals surface area contributed by atoms with Crippen LogP contribution in [0.15, 0.2) is 17.5 Å². The zero-order valence-corrected chi connectivity index (χ0v) is 11.6. The average molecular weight is 254 g/mol. The molecule has 0 aliphatic carbocycles. The van der Waals surface area contributed by atoms with Crippen LogP contribution in [0.2, 0.25) is 0 Å². The van der Waals surface area contributed by atoms with Gasteiger partial charge in [-0.15, -0.1) is 11.3 Å². The minimum Gasteiger partial charge on any atom is -0.376 e. The van der Waals surface area contributed by atoms with Crippen LogP contribution in [0.5, 0.6) is 0 Å². The van der Waals surface area contributed by atoms with Crippen LogP contribution < -0.4 is 5.73 Å². The smallest absolute Gasteiger partial charge is 0.0675 e. The SMILES string of the molecule is CC1CN(C(c2cccs2)C(C)N)C(C)CO1. The molecule has 1 aromatic heterocycles. The fraction of sp³-hybridized carbons (Fsp3) is 0.692. The van der Waals surface area contributed by atoms with E-state index in [-0.39, 0.29) is 6.04 Å². The van der Waals surface area contributed by atoms with Gasteiger partial charge in [-0.05, 0) is 32.2 Å². The highest BCUT2D eigenvalue weighted by Gasteiger charge is 2.32. The van der Waals surface area contributed by atoms with E-state index in [1.54, 1.807) is 11.3 Å². The molecule has 0 saturated carbocycles. The maximum atomic E-state index is 6.19. The molecular weight excluding hydrogens is 232 g/mol. The number of thiophene rings is 1. The largest absolute Gasteiger partial charge is 0.376 e. The van der Waals surface area contributed by atoms with Gasteiger partial charge in [-0.3, -0.25) is 4.90 Å². The highest BCUT2D eigenvalue weighted by molar-refractivity contribution is 7.10. The molecule has 3 nitrogen and oxygen atoms in total. The Kier molecular flexibility index (Phi) is 4.20. The lowest BCUT2D eigenvalue weighted by molar-refractivity contribution is -0.0691. The van der Waals surface area contributed by atoms with Crippen molar-refractivity contribution >= 4 is 11.3 Å². The molecule has 1 fully saturated rings. The van der Waals surface area contributed by atoms with Gasteiger partial charge in [0.1, 0.15) is 0 Å². The normalized spacial score (nSPS) is 30.1. The van der Waals surface area contributed by atoms with Crippen LogP contribution in [0.25, 0.3) is 0 Å². The van der Waals surface area contributed by atoms with Gasteiger partial charge in [0.05, 0.1) is 18.8 Å². The summed E-state index contributed by atoms with van der Waals surface area (Å²) in [7, 11) is 0. The van der Waals surface area contributed by atoms with Crippen molar-refractivity contribution in [1.29, 1.82) is 0 Å². The van der Waals surface area contributed by atoms with Gasteiger partial charge in [0.25, 0.3) is 0 Å². The second-order valence-corrected chi connectivity index (χ2v) is 5.99. The zero-order valence-electron chi connectivity index (χ0n) is 10.8. The number of nitrogens with two attached hydrogens (primary N) is 1. The third kappa shape index (κ3) is 2.88. The van der Waals surface area contributed by atoms with Crippen LogP contribution in [0.4, 0.5) is 0 Å². The fourth-order valence-electron chi connectivity index (χ4n) is 2.50. The first-order chi connectivity index (χ1) is 8.09. The molecule has 0 spiro atoms. The topological polar surface area (TPSA) is 38.5 Å². The Balaban J connectivity index is 2.20. The molecule has 0 bridgehead atoms. The summed E-state index contributed by atoms with van der Waals surface area (Å²) in [6, 6.07) is 5.18. The van der Waals surface area contributed by atoms with Gasteiger partial charge in [-0.25, -0.2) is 0 Å². The number of morpholine rings is 1. The van der Waals surface area contributed by atoms with Crippen molar-refractivity contribution < 1.29 is 4.74 Å². The van der Waals surface area contributed by atoms with E-state index in [1.807, 2.05) is 0 Å². The van der Waals surface area contributed by atoms with Gasteiger partial charge in [-0.1, -0.05) is 6.07 Å². The third-order valence-electron chi connectivity index (χ3n) is 3.35. The Bertz CT molecular complexity index is 339. The van der Waals surface area contributed by atoms with Crippen molar-refractivity contribution in [3.8, 4) is 0 Å². The number of rotatable bonds is 3. The summed E-state index contributed by atoms with van der Waals surface area (Å²) in [6.45, 7) is 8.21. The van der Waals surface area contributed by atoms with Crippen LogP contribution in [-0.4, -0.2) is 36.2 Å². The quantitative estimate of drug-likeness (QED) is 0.899. The lowest BCUT2D eigenvalue weighted by Crippen LogP contribution is -2.52. The summed E-state index contributed by atoms with van der Waals surface area (Å²) in [5.74, 6) is 0. The zero-order chi connectivity index (χ0) is 12.4. The van der Waals surface area contributed by atoms with Crippen molar-refractivity contribution in [2.24, 2.45) is 5.73 Å². The van der Waals surface area contributed by atoms with Crippen molar-refractivity contribution in [2.45, 2.75) is 45.0 Å². The Labute approximate surface area is 108 Å². The molecule has 96 valence electrons. The van der Waals surface area contributed by atoms with Gasteiger partial charge in [0, 0.05) is 23.5 Å². The molecule has 4 unspecified atom stereocenters. The van der Waals surface area contributed by atoms with Gasteiger partial charge in [0.2, 0.25) is 0 Å². The van der Waals surface area contributed by atoms with Crippen molar-refractivity contribution in [3.63, 3.8) is 0 Å². The Hall–Kier alpha value is -0.420. The number of hydrogen-bond donors (Lipinski definition) is 1. The summed E-state index contributed by atoms with van der Waals surface area (Å²) >= 11 is 1.79. The summed E-state index contributed by atoms with van der Waals surface area (Å²) in [6.07, 6.45) is 0.299. The molecule has 2 N–H and O–H groups in total. The molecule has 2 heterocycles. The summed E-state index contributed by atoms with van der Waals surface area (Å²) in [5, 5.41) is 2.12. The molecule has 1 aliphatic rings. The second kappa shape index (κ2) is 5.48. The van der Waals surface area contributed by atoms with Crippen LogP contribution in [-0.2, 0) is 4.74 Å².